The molecule has 92 valence electrons. The highest BCUT2D eigenvalue weighted by Crippen LogP contribution is 2.22. The van der Waals surface area contributed by atoms with Crippen molar-refractivity contribution in [3.63, 3.8) is 0 Å². The van der Waals surface area contributed by atoms with E-state index in [-0.39, 0.29) is 0 Å². The van der Waals surface area contributed by atoms with E-state index in [1.54, 1.807) is 0 Å². The highest BCUT2D eigenvalue weighted by Gasteiger charge is 2.20. The Balaban J connectivity index is 1.88. The van der Waals surface area contributed by atoms with Crippen LogP contribution in [0.5, 0.6) is 0 Å². The standard InChI is InChI=1S/C11H16ClN5/c12-9-13-10(16-5-1-2-6-16)15-11(14-9)17-7-3-4-8-17/h1-8H2. The zero-order valence-corrected chi connectivity index (χ0v) is 10.5. The van der Waals surface area contributed by atoms with Crippen LogP contribution < -0.4 is 9.80 Å². The lowest BCUT2D eigenvalue weighted by atomic mass is 10.4. The van der Waals surface area contributed by atoms with E-state index in [4.69, 9.17) is 11.6 Å². The van der Waals surface area contributed by atoms with Gasteiger partial charge in [-0.2, -0.15) is 15.0 Å². The smallest absolute Gasteiger partial charge is 0.231 e. The molecule has 0 spiro atoms. The van der Waals surface area contributed by atoms with Gasteiger partial charge in [0.15, 0.2) is 0 Å². The van der Waals surface area contributed by atoms with Gasteiger partial charge in [-0.05, 0) is 37.3 Å². The van der Waals surface area contributed by atoms with Crippen molar-refractivity contribution in [3.8, 4) is 0 Å². The van der Waals surface area contributed by atoms with Crippen LogP contribution in [0.4, 0.5) is 11.9 Å². The topological polar surface area (TPSA) is 45.2 Å². The minimum absolute atomic E-state index is 0.309. The van der Waals surface area contributed by atoms with Crippen molar-refractivity contribution in [2.45, 2.75) is 25.7 Å². The van der Waals surface area contributed by atoms with Gasteiger partial charge < -0.3 is 9.80 Å². The fourth-order valence-corrected chi connectivity index (χ4v) is 2.60. The zero-order chi connectivity index (χ0) is 11.7. The molecule has 2 saturated heterocycles. The number of hydrogen-bond donors (Lipinski definition) is 0. The molecule has 0 aliphatic carbocycles. The Bertz CT molecular complexity index is 365. The van der Waals surface area contributed by atoms with Crippen LogP contribution in [0.15, 0.2) is 0 Å². The van der Waals surface area contributed by atoms with Crippen molar-refractivity contribution in [1.29, 1.82) is 0 Å². The van der Waals surface area contributed by atoms with Crippen LogP contribution in [0.3, 0.4) is 0 Å². The summed E-state index contributed by atoms with van der Waals surface area (Å²) in [5.74, 6) is 1.48. The quantitative estimate of drug-likeness (QED) is 0.803. The molecule has 17 heavy (non-hydrogen) atoms. The Morgan fingerprint density at radius 2 is 1.12 bits per heavy atom. The number of halogens is 1. The average Bonchev–Trinajstić information content (AvgIpc) is 3.02. The summed E-state index contributed by atoms with van der Waals surface area (Å²) in [6.45, 7) is 4.11. The van der Waals surface area contributed by atoms with Gasteiger partial charge in [-0.15, -0.1) is 0 Å². The molecule has 2 fully saturated rings. The summed E-state index contributed by atoms with van der Waals surface area (Å²) in [6, 6.07) is 0. The highest BCUT2D eigenvalue weighted by atomic mass is 35.5. The van der Waals surface area contributed by atoms with E-state index in [1.165, 1.54) is 25.7 Å². The lowest BCUT2D eigenvalue weighted by Gasteiger charge is -2.19. The van der Waals surface area contributed by atoms with Gasteiger partial charge in [-0.3, -0.25) is 0 Å². The molecule has 3 heterocycles. The van der Waals surface area contributed by atoms with E-state index in [1.807, 2.05) is 0 Å². The van der Waals surface area contributed by atoms with E-state index >= 15 is 0 Å². The first-order valence-corrected chi connectivity index (χ1v) is 6.62. The molecule has 0 atom stereocenters. The molecule has 2 aliphatic rings. The van der Waals surface area contributed by atoms with Gasteiger partial charge in [0, 0.05) is 26.2 Å². The molecule has 0 saturated carbocycles. The molecule has 0 radical (unpaired) electrons. The number of nitrogens with zero attached hydrogens (tertiary/aromatic N) is 5. The third-order valence-corrected chi connectivity index (χ3v) is 3.53. The van der Waals surface area contributed by atoms with Crippen molar-refractivity contribution in [2.75, 3.05) is 36.0 Å². The summed E-state index contributed by atoms with van der Waals surface area (Å²) in [6.07, 6.45) is 4.84. The second-order valence-corrected chi connectivity index (χ2v) is 4.93. The van der Waals surface area contributed by atoms with Crippen molar-refractivity contribution >= 4 is 23.5 Å². The average molecular weight is 254 g/mol. The van der Waals surface area contributed by atoms with Crippen LogP contribution in [-0.4, -0.2) is 41.1 Å². The molecule has 5 nitrogen and oxygen atoms in total. The van der Waals surface area contributed by atoms with Crippen LogP contribution in [0.25, 0.3) is 0 Å². The molecule has 3 rings (SSSR count). The molecule has 1 aromatic rings. The van der Waals surface area contributed by atoms with Crippen LogP contribution in [0.2, 0.25) is 5.28 Å². The second-order valence-electron chi connectivity index (χ2n) is 4.59. The third-order valence-electron chi connectivity index (χ3n) is 3.36. The minimum Gasteiger partial charge on any atom is -0.341 e. The summed E-state index contributed by atoms with van der Waals surface area (Å²) in [4.78, 5) is 17.4. The monoisotopic (exact) mass is 253 g/mol. The predicted molar refractivity (Wildman–Crippen MR) is 67.7 cm³/mol. The predicted octanol–water partition coefficient (Wildman–Crippen LogP) is 1.73. The highest BCUT2D eigenvalue weighted by molar-refractivity contribution is 6.28. The van der Waals surface area contributed by atoms with Crippen LogP contribution in [0, 0.1) is 0 Å². The Labute approximate surface area is 106 Å². The van der Waals surface area contributed by atoms with Gasteiger partial charge in [0.1, 0.15) is 0 Å². The van der Waals surface area contributed by atoms with E-state index in [9.17, 15) is 0 Å². The lowest BCUT2D eigenvalue weighted by molar-refractivity contribution is 0.838. The molecule has 2 aliphatic heterocycles. The van der Waals surface area contributed by atoms with E-state index in [0.29, 0.717) is 5.28 Å². The van der Waals surface area contributed by atoms with Gasteiger partial charge in [-0.1, -0.05) is 0 Å². The van der Waals surface area contributed by atoms with Crippen molar-refractivity contribution < 1.29 is 0 Å². The Kier molecular flexibility index (Phi) is 3.01. The molecule has 0 unspecified atom stereocenters. The van der Waals surface area contributed by atoms with Crippen molar-refractivity contribution in [2.24, 2.45) is 0 Å². The van der Waals surface area contributed by atoms with E-state index < -0.39 is 0 Å². The van der Waals surface area contributed by atoms with Crippen LogP contribution >= 0.6 is 11.6 Å². The number of aromatic nitrogens is 3. The second kappa shape index (κ2) is 4.64. The maximum atomic E-state index is 5.99. The Morgan fingerprint density at radius 1 is 0.706 bits per heavy atom. The number of anilines is 2. The van der Waals surface area contributed by atoms with Crippen LogP contribution in [0.1, 0.15) is 25.7 Å². The fraction of sp³-hybridized carbons (Fsp3) is 0.727. The molecule has 6 heteroatoms. The first kappa shape index (κ1) is 11.0. The maximum absolute atomic E-state index is 5.99. The van der Waals surface area contributed by atoms with Gasteiger partial charge in [0.05, 0.1) is 0 Å². The summed E-state index contributed by atoms with van der Waals surface area (Å²) in [5, 5.41) is 0.309. The van der Waals surface area contributed by atoms with Gasteiger partial charge in [-0.25, -0.2) is 0 Å². The van der Waals surface area contributed by atoms with Gasteiger partial charge in [0.2, 0.25) is 17.2 Å². The first-order chi connectivity index (χ1) is 8.33. The molecular weight excluding hydrogens is 238 g/mol. The number of rotatable bonds is 2. The first-order valence-electron chi connectivity index (χ1n) is 6.24. The normalized spacial score (nSPS) is 20.3. The maximum Gasteiger partial charge on any atom is 0.231 e. The lowest BCUT2D eigenvalue weighted by Crippen LogP contribution is -2.25. The van der Waals surface area contributed by atoms with Gasteiger partial charge >= 0.3 is 0 Å². The van der Waals surface area contributed by atoms with E-state index in [0.717, 1.165) is 38.1 Å². The molecule has 0 bridgehead atoms. The van der Waals surface area contributed by atoms with Gasteiger partial charge in [0.25, 0.3) is 0 Å². The summed E-state index contributed by atoms with van der Waals surface area (Å²) in [5.41, 5.74) is 0. The Hall–Kier alpha value is -1.10. The number of hydrogen-bond acceptors (Lipinski definition) is 5. The molecule has 0 N–H and O–H groups in total. The summed E-state index contributed by atoms with van der Waals surface area (Å²) >= 11 is 5.99. The summed E-state index contributed by atoms with van der Waals surface area (Å²) in [7, 11) is 0. The zero-order valence-electron chi connectivity index (χ0n) is 9.77. The SMILES string of the molecule is Clc1nc(N2CCCC2)nc(N2CCCC2)n1. The molecular formula is C11H16ClN5. The minimum atomic E-state index is 0.309. The third kappa shape index (κ3) is 2.29. The van der Waals surface area contributed by atoms with Crippen molar-refractivity contribution in [1.82, 2.24) is 15.0 Å². The molecule has 1 aromatic heterocycles. The largest absolute Gasteiger partial charge is 0.341 e. The fourth-order valence-electron chi connectivity index (χ4n) is 2.45. The van der Waals surface area contributed by atoms with Crippen LogP contribution in [-0.2, 0) is 0 Å². The van der Waals surface area contributed by atoms with E-state index in [2.05, 4.69) is 24.8 Å². The summed E-state index contributed by atoms with van der Waals surface area (Å²) < 4.78 is 0. The Morgan fingerprint density at radius 3 is 1.53 bits per heavy atom. The van der Waals surface area contributed by atoms with Crippen molar-refractivity contribution in [3.05, 3.63) is 5.28 Å². The molecule has 0 aromatic carbocycles. The molecule has 0 amide bonds.